The first-order valence-corrected chi connectivity index (χ1v) is 7.51. The fraction of sp³-hybridized carbons (Fsp3) is 0.357. The molecule has 2 aromatic heterocycles. The average molecular weight is 289 g/mol. The van der Waals surface area contributed by atoms with Gasteiger partial charge in [-0.25, -0.2) is 4.98 Å². The van der Waals surface area contributed by atoms with Gasteiger partial charge in [-0.3, -0.25) is 9.78 Å². The predicted octanol–water partition coefficient (Wildman–Crippen LogP) is 2.22. The molecule has 1 saturated heterocycles. The number of rotatable bonds is 3. The molecule has 0 aliphatic carbocycles. The molecule has 3 rings (SSSR count). The van der Waals surface area contributed by atoms with Crippen molar-refractivity contribution in [3.05, 3.63) is 41.0 Å². The molecule has 1 unspecified atom stereocenters. The summed E-state index contributed by atoms with van der Waals surface area (Å²) in [5.74, 6) is 0.598. The first kappa shape index (κ1) is 13.1. The number of carbonyl (C=O) groups is 1. The van der Waals surface area contributed by atoms with Crippen molar-refractivity contribution in [2.75, 3.05) is 13.1 Å². The van der Waals surface area contributed by atoms with E-state index in [-0.39, 0.29) is 12.0 Å². The van der Waals surface area contributed by atoms with Gasteiger partial charge in [0, 0.05) is 24.3 Å². The highest BCUT2D eigenvalue weighted by Crippen LogP contribution is 2.18. The van der Waals surface area contributed by atoms with Crippen molar-refractivity contribution in [3.8, 4) is 5.88 Å². The van der Waals surface area contributed by atoms with Crippen LogP contribution in [0.2, 0.25) is 0 Å². The molecular weight excluding hydrogens is 274 g/mol. The van der Waals surface area contributed by atoms with Gasteiger partial charge >= 0.3 is 0 Å². The zero-order chi connectivity index (χ0) is 13.8. The number of aromatic nitrogens is 2. The molecule has 3 heterocycles. The van der Waals surface area contributed by atoms with Crippen LogP contribution in [0.15, 0.2) is 35.4 Å². The lowest BCUT2D eigenvalue weighted by Crippen LogP contribution is -2.44. The van der Waals surface area contributed by atoms with Gasteiger partial charge in [-0.15, -0.1) is 0 Å². The molecule has 1 atom stereocenters. The molecule has 20 heavy (non-hydrogen) atoms. The maximum atomic E-state index is 12.3. The normalized spacial score (nSPS) is 18.8. The highest BCUT2D eigenvalue weighted by Gasteiger charge is 2.26. The first-order chi connectivity index (χ1) is 9.83. The molecule has 1 fully saturated rings. The van der Waals surface area contributed by atoms with E-state index in [1.807, 2.05) is 21.7 Å². The van der Waals surface area contributed by atoms with Crippen LogP contribution >= 0.6 is 11.3 Å². The summed E-state index contributed by atoms with van der Waals surface area (Å²) in [6.07, 6.45) is 6.68. The van der Waals surface area contributed by atoms with E-state index < -0.39 is 0 Å². The Morgan fingerprint density at radius 2 is 2.40 bits per heavy atom. The van der Waals surface area contributed by atoms with Gasteiger partial charge in [0.25, 0.3) is 5.91 Å². The second-order valence-corrected chi connectivity index (χ2v) is 5.47. The average Bonchev–Trinajstić information content (AvgIpc) is 3.02. The number of hydrogen-bond acceptors (Lipinski definition) is 5. The second-order valence-electron chi connectivity index (χ2n) is 4.69. The molecule has 1 amide bonds. The van der Waals surface area contributed by atoms with E-state index in [0.717, 1.165) is 24.9 Å². The third kappa shape index (κ3) is 2.96. The highest BCUT2D eigenvalue weighted by atomic mass is 32.1. The molecule has 5 nitrogen and oxygen atoms in total. The van der Waals surface area contributed by atoms with Crippen LogP contribution in [0.5, 0.6) is 5.88 Å². The first-order valence-electron chi connectivity index (χ1n) is 6.57. The van der Waals surface area contributed by atoms with Gasteiger partial charge in [-0.05, 0) is 24.3 Å². The van der Waals surface area contributed by atoms with Gasteiger partial charge in [-0.2, -0.15) is 11.3 Å². The molecular formula is C14H15N3O2S. The lowest BCUT2D eigenvalue weighted by Gasteiger charge is -2.32. The molecule has 1 aliphatic rings. The number of nitrogens with zero attached hydrogens (tertiary/aromatic N) is 3. The molecule has 0 bridgehead atoms. The van der Waals surface area contributed by atoms with Crippen LogP contribution in [0.4, 0.5) is 0 Å². The largest absolute Gasteiger partial charge is 0.471 e. The Hall–Kier alpha value is -1.95. The zero-order valence-electron chi connectivity index (χ0n) is 10.9. The van der Waals surface area contributed by atoms with Crippen molar-refractivity contribution < 1.29 is 9.53 Å². The summed E-state index contributed by atoms with van der Waals surface area (Å²) in [5.41, 5.74) is 0.759. The van der Waals surface area contributed by atoms with Gasteiger partial charge < -0.3 is 9.64 Å². The molecule has 104 valence electrons. The number of ether oxygens (including phenoxy) is 1. The fourth-order valence-electron chi connectivity index (χ4n) is 2.30. The van der Waals surface area contributed by atoms with Crippen molar-refractivity contribution in [2.45, 2.75) is 18.9 Å². The number of carbonyl (C=O) groups excluding carboxylic acids is 1. The molecule has 0 spiro atoms. The quantitative estimate of drug-likeness (QED) is 0.869. The van der Waals surface area contributed by atoms with Crippen molar-refractivity contribution in [3.63, 3.8) is 0 Å². The topological polar surface area (TPSA) is 55.3 Å². The fourth-order valence-corrected chi connectivity index (χ4v) is 2.93. The van der Waals surface area contributed by atoms with Crippen LogP contribution in [0.3, 0.4) is 0 Å². The van der Waals surface area contributed by atoms with Crippen molar-refractivity contribution >= 4 is 17.2 Å². The van der Waals surface area contributed by atoms with E-state index in [1.165, 1.54) is 11.3 Å². The summed E-state index contributed by atoms with van der Waals surface area (Å²) in [6, 6.07) is 1.86. The van der Waals surface area contributed by atoms with E-state index in [1.54, 1.807) is 18.6 Å². The molecule has 2 aromatic rings. The standard InChI is InChI=1S/C14H15N3O2S/c18-14(11-3-7-20-10-11)17-6-1-2-12(9-17)19-13-8-15-4-5-16-13/h3-5,7-8,10,12H,1-2,6,9H2. The summed E-state index contributed by atoms with van der Waals surface area (Å²) < 4.78 is 5.79. The van der Waals surface area contributed by atoms with Crippen LogP contribution in [-0.4, -0.2) is 40.0 Å². The Morgan fingerprint density at radius 1 is 1.45 bits per heavy atom. The minimum Gasteiger partial charge on any atom is -0.471 e. The van der Waals surface area contributed by atoms with E-state index in [4.69, 9.17) is 4.74 Å². The molecule has 0 N–H and O–H groups in total. The Labute approximate surface area is 121 Å². The highest BCUT2D eigenvalue weighted by molar-refractivity contribution is 7.08. The number of likely N-dealkylation sites (tertiary alicyclic amines) is 1. The Kier molecular flexibility index (Phi) is 3.92. The SMILES string of the molecule is O=C(c1ccsc1)N1CCCC(Oc2cnccn2)C1. The Bertz CT molecular complexity index is 559. The molecule has 0 aromatic carbocycles. The zero-order valence-corrected chi connectivity index (χ0v) is 11.8. The van der Waals surface area contributed by atoms with Crippen LogP contribution < -0.4 is 4.74 Å². The molecule has 1 aliphatic heterocycles. The number of amides is 1. The summed E-state index contributed by atoms with van der Waals surface area (Å²) >= 11 is 1.54. The number of thiophene rings is 1. The predicted molar refractivity (Wildman–Crippen MR) is 75.9 cm³/mol. The third-order valence-electron chi connectivity index (χ3n) is 3.26. The van der Waals surface area contributed by atoms with Gasteiger partial charge in [-0.1, -0.05) is 0 Å². The van der Waals surface area contributed by atoms with Gasteiger partial charge in [0.15, 0.2) is 0 Å². The number of piperidine rings is 1. The monoisotopic (exact) mass is 289 g/mol. The van der Waals surface area contributed by atoms with Gasteiger partial charge in [0.05, 0.1) is 18.3 Å². The summed E-state index contributed by atoms with van der Waals surface area (Å²) in [5, 5.41) is 3.81. The van der Waals surface area contributed by atoms with E-state index >= 15 is 0 Å². The maximum Gasteiger partial charge on any atom is 0.254 e. The third-order valence-corrected chi connectivity index (χ3v) is 3.94. The molecule has 6 heteroatoms. The smallest absolute Gasteiger partial charge is 0.254 e. The lowest BCUT2D eigenvalue weighted by molar-refractivity contribution is 0.0527. The van der Waals surface area contributed by atoms with E-state index in [0.29, 0.717) is 12.4 Å². The van der Waals surface area contributed by atoms with Crippen molar-refractivity contribution in [2.24, 2.45) is 0 Å². The summed E-state index contributed by atoms with van der Waals surface area (Å²) in [4.78, 5) is 22.2. The Balaban J connectivity index is 1.63. The van der Waals surface area contributed by atoms with Gasteiger partial charge in [0.1, 0.15) is 6.10 Å². The Morgan fingerprint density at radius 3 is 3.15 bits per heavy atom. The minimum atomic E-state index is -0.0111. The van der Waals surface area contributed by atoms with E-state index in [2.05, 4.69) is 9.97 Å². The van der Waals surface area contributed by atoms with Crippen LogP contribution in [0.1, 0.15) is 23.2 Å². The molecule has 0 radical (unpaired) electrons. The van der Waals surface area contributed by atoms with Crippen molar-refractivity contribution in [1.82, 2.24) is 14.9 Å². The van der Waals surface area contributed by atoms with Gasteiger partial charge in [0.2, 0.25) is 5.88 Å². The minimum absolute atomic E-state index is 0.0111. The summed E-state index contributed by atoms with van der Waals surface area (Å²) in [6.45, 7) is 1.39. The molecule has 0 saturated carbocycles. The van der Waals surface area contributed by atoms with Crippen LogP contribution in [0, 0.1) is 0 Å². The lowest BCUT2D eigenvalue weighted by atomic mass is 10.1. The van der Waals surface area contributed by atoms with Crippen LogP contribution in [-0.2, 0) is 0 Å². The summed E-state index contributed by atoms with van der Waals surface area (Å²) in [7, 11) is 0. The second kappa shape index (κ2) is 6.00. The van der Waals surface area contributed by atoms with Crippen molar-refractivity contribution in [1.29, 1.82) is 0 Å². The number of hydrogen-bond donors (Lipinski definition) is 0. The van der Waals surface area contributed by atoms with Crippen LogP contribution in [0.25, 0.3) is 0 Å². The van der Waals surface area contributed by atoms with E-state index in [9.17, 15) is 4.79 Å². The maximum absolute atomic E-state index is 12.3.